The molecule has 238 valence electrons. The summed E-state index contributed by atoms with van der Waals surface area (Å²) >= 11 is 0. The number of rotatable bonds is 11. The lowest BCUT2D eigenvalue weighted by Gasteiger charge is -2.22. The molecule has 20 nitrogen and oxygen atoms in total. The monoisotopic (exact) mass is 657 g/mol. The van der Waals surface area contributed by atoms with Gasteiger partial charge in [0.15, 0.2) is 16.8 Å². The van der Waals surface area contributed by atoms with Crippen molar-refractivity contribution in [1.82, 2.24) is 39.0 Å². The summed E-state index contributed by atoms with van der Waals surface area (Å²) in [4.78, 5) is 64.5. The molecule has 6 atom stereocenters. The number of nitrogen functional groups attached to an aromatic ring is 1. The first-order valence-corrected chi connectivity index (χ1v) is 16.5. The Morgan fingerprint density at radius 3 is 2.50 bits per heavy atom. The SMILES string of the molecule is CCc1ncnc2c1ncn2[C@H]1CC(OP(=O)(O)OC[C@@H]2CC[C@H](n3cnc4c(=O)[nH]c(N)nc43)O2)[C@@H](COP(=O)(O)O)O1. The molecule has 2 aliphatic rings. The summed E-state index contributed by atoms with van der Waals surface area (Å²) in [7, 11) is -9.64. The molecule has 22 heteroatoms. The highest BCUT2D eigenvalue weighted by Gasteiger charge is 2.43. The molecule has 44 heavy (non-hydrogen) atoms. The van der Waals surface area contributed by atoms with E-state index in [9.17, 15) is 28.6 Å². The standard InChI is InChI=1S/C22H29N9O11P2/c1-2-12-17-19(25-8-24-12)31(9-26-17)16-5-13(14(41-16)7-38-43(33,34)35)42-44(36,37)39-6-11-3-4-15(40-11)30-10-27-18-20(30)28-22(23)29-21(18)32/h8-11,13-16H,2-7H2,1H3,(H,36,37)(H2,33,34,35)(H3,23,28,29,32)/t11-,13?,14+,15+,16+/m0/s1. The maximum atomic E-state index is 13.0. The van der Waals surface area contributed by atoms with E-state index in [1.54, 1.807) is 9.13 Å². The number of phosphoric ester groups is 2. The number of ether oxygens (including phenoxy) is 2. The molecule has 6 heterocycles. The molecule has 0 radical (unpaired) electrons. The normalized spacial score (nSPS) is 25.7. The van der Waals surface area contributed by atoms with Gasteiger partial charge in [-0.25, -0.2) is 29.1 Å². The lowest BCUT2D eigenvalue weighted by molar-refractivity contribution is -0.0476. The minimum Gasteiger partial charge on any atom is -0.369 e. The summed E-state index contributed by atoms with van der Waals surface area (Å²) < 4.78 is 54.7. The highest BCUT2D eigenvalue weighted by molar-refractivity contribution is 7.47. The number of hydrogen-bond donors (Lipinski definition) is 5. The Morgan fingerprint density at radius 2 is 1.75 bits per heavy atom. The lowest BCUT2D eigenvalue weighted by Crippen LogP contribution is -2.28. The van der Waals surface area contributed by atoms with Crippen LogP contribution in [0.25, 0.3) is 22.3 Å². The molecule has 0 bridgehead atoms. The van der Waals surface area contributed by atoms with E-state index in [-0.39, 0.29) is 30.1 Å². The number of imidazole rings is 2. The van der Waals surface area contributed by atoms with Crippen molar-refractivity contribution in [2.45, 2.75) is 63.4 Å². The maximum absolute atomic E-state index is 13.0. The number of anilines is 1. The first-order chi connectivity index (χ1) is 20.9. The molecule has 2 unspecified atom stereocenters. The number of aryl methyl sites for hydroxylation is 1. The zero-order valence-corrected chi connectivity index (χ0v) is 24.9. The average molecular weight is 657 g/mol. The van der Waals surface area contributed by atoms with E-state index in [4.69, 9.17) is 24.3 Å². The molecule has 2 fully saturated rings. The maximum Gasteiger partial charge on any atom is 0.472 e. The number of hydrogen-bond acceptors (Lipinski definition) is 14. The van der Waals surface area contributed by atoms with Crippen molar-refractivity contribution in [3.05, 3.63) is 35.0 Å². The van der Waals surface area contributed by atoms with Crippen molar-refractivity contribution in [3.8, 4) is 0 Å². The molecule has 0 saturated carbocycles. The molecule has 2 saturated heterocycles. The number of nitrogens with zero attached hydrogens (tertiary/aromatic N) is 7. The summed E-state index contributed by atoms with van der Waals surface area (Å²) in [5.74, 6) is -0.0802. The van der Waals surface area contributed by atoms with Crippen LogP contribution in [0, 0.1) is 0 Å². The van der Waals surface area contributed by atoms with Gasteiger partial charge in [0.2, 0.25) is 5.95 Å². The van der Waals surface area contributed by atoms with E-state index >= 15 is 0 Å². The van der Waals surface area contributed by atoms with Crippen LogP contribution in [-0.2, 0) is 38.6 Å². The van der Waals surface area contributed by atoms with Crippen LogP contribution in [0.15, 0.2) is 23.8 Å². The third-order valence-corrected chi connectivity index (χ3v) is 8.70. The zero-order valence-electron chi connectivity index (χ0n) is 23.1. The zero-order chi connectivity index (χ0) is 31.2. The van der Waals surface area contributed by atoms with Crippen LogP contribution in [0.1, 0.15) is 44.3 Å². The molecule has 2 aliphatic heterocycles. The molecule has 0 amide bonds. The van der Waals surface area contributed by atoms with Crippen LogP contribution in [0.2, 0.25) is 0 Å². The van der Waals surface area contributed by atoms with Gasteiger partial charge in [-0.2, -0.15) is 4.98 Å². The number of H-pyrrole nitrogens is 1. The van der Waals surface area contributed by atoms with Gasteiger partial charge in [0, 0.05) is 6.42 Å². The topological polar surface area (TPSA) is 274 Å². The Hall–Kier alpha value is -3.16. The van der Waals surface area contributed by atoms with Crippen molar-refractivity contribution < 1.29 is 46.9 Å². The predicted octanol–water partition coefficient (Wildman–Crippen LogP) is 0.681. The van der Waals surface area contributed by atoms with Gasteiger partial charge in [0.1, 0.15) is 36.5 Å². The molecule has 0 aliphatic carbocycles. The second-order valence-electron chi connectivity index (χ2n) is 10.1. The molecule has 6 N–H and O–H groups in total. The Morgan fingerprint density at radius 1 is 1.00 bits per heavy atom. The molecular formula is C22H29N9O11P2. The molecule has 0 aromatic carbocycles. The van der Waals surface area contributed by atoms with E-state index < -0.39 is 58.6 Å². The first-order valence-electron chi connectivity index (χ1n) is 13.5. The number of aromatic amines is 1. The minimum absolute atomic E-state index is 0.0228. The molecule has 4 aromatic heterocycles. The summed E-state index contributed by atoms with van der Waals surface area (Å²) in [6.07, 6.45) is 1.37. The van der Waals surface area contributed by atoms with Crippen molar-refractivity contribution in [2.75, 3.05) is 18.9 Å². The van der Waals surface area contributed by atoms with Gasteiger partial charge in [-0.1, -0.05) is 6.92 Å². The van der Waals surface area contributed by atoms with Crippen molar-refractivity contribution in [1.29, 1.82) is 0 Å². The first kappa shape index (κ1) is 30.8. The number of phosphoric acid groups is 2. The minimum atomic E-state index is -4.89. The fourth-order valence-corrected chi connectivity index (χ4v) is 6.54. The third-order valence-electron chi connectivity index (χ3n) is 7.21. The average Bonchev–Trinajstić information content (AvgIpc) is 3.75. The van der Waals surface area contributed by atoms with Gasteiger partial charge in [-0.3, -0.25) is 32.5 Å². The Balaban J connectivity index is 1.12. The Kier molecular flexibility index (Phi) is 8.40. The molecule has 6 rings (SSSR count). The van der Waals surface area contributed by atoms with Crippen LogP contribution in [0.5, 0.6) is 0 Å². The smallest absolute Gasteiger partial charge is 0.369 e. The van der Waals surface area contributed by atoms with Crippen LogP contribution in [0.4, 0.5) is 5.95 Å². The highest BCUT2D eigenvalue weighted by atomic mass is 31.2. The summed E-state index contributed by atoms with van der Waals surface area (Å²) in [6.45, 7) is 0.953. The van der Waals surface area contributed by atoms with Crippen LogP contribution in [-0.4, -0.2) is 85.2 Å². The van der Waals surface area contributed by atoms with Gasteiger partial charge in [-0.15, -0.1) is 0 Å². The molecular weight excluding hydrogens is 628 g/mol. The largest absolute Gasteiger partial charge is 0.472 e. The fourth-order valence-electron chi connectivity index (χ4n) is 5.22. The second-order valence-corrected chi connectivity index (χ2v) is 12.8. The third kappa shape index (κ3) is 6.45. The van der Waals surface area contributed by atoms with Gasteiger partial charge >= 0.3 is 15.6 Å². The Bertz CT molecular complexity index is 1820. The van der Waals surface area contributed by atoms with Crippen molar-refractivity contribution >= 4 is 43.9 Å². The van der Waals surface area contributed by atoms with Crippen LogP contribution < -0.4 is 11.3 Å². The summed E-state index contributed by atoms with van der Waals surface area (Å²) in [5.41, 5.74) is 7.19. The molecule has 4 aromatic rings. The van der Waals surface area contributed by atoms with E-state index in [1.807, 2.05) is 6.92 Å². The van der Waals surface area contributed by atoms with Crippen molar-refractivity contribution in [2.24, 2.45) is 0 Å². The predicted molar refractivity (Wildman–Crippen MR) is 148 cm³/mol. The number of fused-ring (bicyclic) bond motifs is 2. The van der Waals surface area contributed by atoms with E-state index in [1.165, 1.54) is 19.0 Å². The van der Waals surface area contributed by atoms with E-state index in [0.717, 1.165) is 0 Å². The Labute approximate surface area is 247 Å². The van der Waals surface area contributed by atoms with Crippen LogP contribution >= 0.6 is 15.6 Å². The second kappa shape index (κ2) is 12.0. The van der Waals surface area contributed by atoms with Gasteiger partial charge in [-0.05, 0) is 19.3 Å². The number of aromatic nitrogens is 8. The van der Waals surface area contributed by atoms with E-state index in [2.05, 4.69) is 34.4 Å². The van der Waals surface area contributed by atoms with Crippen molar-refractivity contribution in [3.63, 3.8) is 0 Å². The summed E-state index contributed by atoms with van der Waals surface area (Å²) in [6, 6.07) is 0. The molecule has 0 spiro atoms. The van der Waals surface area contributed by atoms with Gasteiger partial charge in [0.05, 0.1) is 37.7 Å². The summed E-state index contributed by atoms with van der Waals surface area (Å²) in [5, 5.41) is 0. The highest BCUT2D eigenvalue weighted by Crippen LogP contribution is 2.50. The fraction of sp³-hybridized carbons (Fsp3) is 0.545. The number of nitrogens with two attached hydrogens (primary N) is 1. The quantitative estimate of drug-likeness (QED) is 0.139. The van der Waals surface area contributed by atoms with Gasteiger partial charge < -0.3 is 29.9 Å². The van der Waals surface area contributed by atoms with Gasteiger partial charge in [0.25, 0.3) is 5.56 Å². The van der Waals surface area contributed by atoms with E-state index in [0.29, 0.717) is 36.1 Å². The van der Waals surface area contributed by atoms with Crippen LogP contribution in [0.3, 0.4) is 0 Å². The lowest BCUT2D eigenvalue weighted by atomic mass is 10.2. The number of nitrogens with one attached hydrogen (secondary N) is 1.